The fourth-order valence-corrected chi connectivity index (χ4v) is 3.61. The van der Waals surface area contributed by atoms with Gasteiger partial charge in [0.1, 0.15) is 23.8 Å². The van der Waals surface area contributed by atoms with E-state index in [0.717, 1.165) is 26.6 Å². The number of aromatic nitrogens is 3. The highest BCUT2D eigenvalue weighted by molar-refractivity contribution is 9.10. The predicted octanol–water partition coefficient (Wildman–Crippen LogP) is 3.99. The Morgan fingerprint density at radius 1 is 1.13 bits per heavy atom. The number of hydrogen-bond acceptors (Lipinski definition) is 5. The van der Waals surface area contributed by atoms with Crippen molar-refractivity contribution in [2.24, 2.45) is 5.73 Å². The van der Waals surface area contributed by atoms with Crippen molar-refractivity contribution in [1.29, 1.82) is 0 Å². The van der Waals surface area contributed by atoms with Crippen LogP contribution in [0.25, 0.3) is 11.0 Å². The maximum absolute atomic E-state index is 10.9. The number of carbonyl (C=O) groups is 1. The van der Waals surface area contributed by atoms with Crippen molar-refractivity contribution in [2.75, 3.05) is 0 Å². The summed E-state index contributed by atoms with van der Waals surface area (Å²) in [5, 5.41) is 9.74. The van der Waals surface area contributed by atoms with E-state index in [4.69, 9.17) is 15.6 Å². The Morgan fingerprint density at radius 3 is 2.67 bits per heavy atom. The molecule has 0 aliphatic rings. The van der Waals surface area contributed by atoms with Gasteiger partial charge in [0.25, 0.3) is 0 Å². The van der Waals surface area contributed by atoms with Crippen molar-refractivity contribution in [1.82, 2.24) is 14.5 Å². The fourth-order valence-electron chi connectivity index (χ4n) is 3.17. The van der Waals surface area contributed by atoms with Crippen LogP contribution in [0, 0.1) is 0 Å². The maximum atomic E-state index is 10.9. The smallest absolute Gasteiger partial charge is 0.320 e. The number of hydrogen-bond donors (Lipinski definition) is 2. The minimum atomic E-state index is -1.02. The van der Waals surface area contributed by atoms with Gasteiger partial charge in [-0.15, -0.1) is 0 Å². The van der Waals surface area contributed by atoms with Gasteiger partial charge in [-0.2, -0.15) is 0 Å². The molecule has 0 saturated carbocycles. The Kier molecular flexibility index (Phi) is 5.78. The van der Waals surface area contributed by atoms with E-state index < -0.39 is 12.0 Å². The van der Waals surface area contributed by atoms with Gasteiger partial charge in [-0.25, -0.2) is 9.97 Å². The molecule has 0 spiro atoms. The SMILES string of the molecule is NC(Cc1ccc(Oc2ncnc3c2ccn3Cc2cccc(Br)c2)cc1)C(=O)O. The summed E-state index contributed by atoms with van der Waals surface area (Å²) in [5.74, 6) is 0.0384. The second kappa shape index (κ2) is 8.64. The third-order valence-corrected chi connectivity index (χ3v) is 5.17. The molecule has 2 heterocycles. The number of nitrogens with two attached hydrogens (primary N) is 1. The van der Waals surface area contributed by atoms with Crippen LogP contribution in [0.3, 0.4) is 0 Å². The standard InChI is InChI=1S/C22H19BrN4O3/c23-16-3-1-2-15(10-16)12-27-9-8-18-20(27)25-13-26-21(18)30-17-6-4-14(5-7-17)11-19(24)22(28)29/h1-10,13,19H,11-12,24H2,(H,28,29). The third kappa shape index (κ3) is 4.50. The van der Waals surface area contributed by atoms with Crippen LogP contribution in [0.5, 0.6) is 11.6 Å². The van der Waals surface area contributed by atoms with Crippen LogP contribution in [0.1, 0.15) is 11.1 Å². The van der Waals surface area contributed by atoms with Gasteiger partial charge in [0, 0.05) is 17.2 Å². The van der Waals surface area contributed by atoms with Crippen molar-refractivity contribution >= 4 is 32.9 Å². The molecular formula is C22H19BrN4O3. The average molecular weight is 467 g/mol. The zero-order chi connectivity index (χ0) is 21.1. The van der Waals surface area contributed by atoms with E-state index in [-0.39, 0.29) is 6.42 Å². The quantitative estimate of drug-likeness (QED) is 0.426. The Hall–Kier alpha value is -3.23. The summed E-state index contributed by atoms with van der Waals surface area (Å²) >= 11 is 3.50. The molecule has 7 nitrogen and oxygen atoms in total. The lowest BCUT2D eigenvalue weighted by Gasteiger charge is -2.09. The van der Waals surface area contributed by atoms with Gasteiger partial charge in [0.05, 0.1) is 5.39 Å². The Bertz CT molecular complexity index is 1190. The molecule has 8 heteroatoms. The second-order valence-electron chi connectivity index (χ2n) is 6.88. The number of halogens is 1. The van der Waals surface area contributed by atoms with Crippen LogP contribution < -0.4 is 10.5 Å². The Morgan fingerprint density at radius 2 is 1.93 bits per heavy atom. The minimum absolute atomic E-state index is 0.256. The molecular weight excluding hydrogens is 448 g/mol. The predicted molar refractivity (Wildman–Crippen MR) is 117 cm³/mol. The molecule has 4 rings (SSSR count). The topological polar surface area (TPSA) is 103 Å². The normalized spacial score (nSPS) is 12.1. The minimum Gasteiger partial charge on any atom is -0.480 e. The summed E-state index contributed by atoms with van der Waals surface area (Å²) in [7, 11) is 0. The first-order chi connectivity index (χ1) is 14.5. The molecule has 0 aliphatic heterocycles. The van der Waals surface area contributed by atoms with Gasteiger partial charge < -0.3 is 20.1 Å². The molecule has 2 aromatic heterocycles. The summed E-state index contributed by atoms with van der Waals surface area (Å²) in [4.78, 5) is 19.6. The van der Waals surface area contributed by atoms with Gasteiger partial charge in [0.15, 0.2) is 0 Å². The largest absolute Gasteiger partial charge is 0.480 e. The third-order valence-electron chi connectivity index (χ3n) is 4.67. The summed E-state index contributed by atoms with van der Waals surface area (Å²) in [6.07, 6.45) is 3.70. The number of benzene rings is 2. The van der Waals surface area contributed by atoms with E-state index in [1.165, 1.54) is 6.33 Å². The molecule has 30 heavy (non-hydrogen) atoms. The van der Waals surface area contributed by atoms with E-state index in [1.807, 2.05) is 29.0 Å². The lowest BCUT2D eigenvalue weighted by Crippen LogP contribution is -2.32. The summed E-state index contributed by atoms with van der Waals surface area (Å²) < 4.78 is 9.04. The van der Waals surface area contributed by atoms with Crippen molar-refractivity contribution in [3.8, 4) is 11.6 Å². The molecule has 1 atom stereocenters. The molecule has 0 amide bonds. The number of ether oxygens (including phenoxy) is 1. The molecule has 0 saturated heterocycles. The Balaban J connectivity index is 1.54. The van der Waals surface area contributed by atoms with Gasteiger partial charge in [0.2, 0.25) is 5.88 Å². The first-order valence-corrected chi connectivity index (χ1v) is 10.1. The fraction of sp³-hybridized carbons (Fsp3) is 0.136. The van der Waals surface area contributed by atoms with Crippen LogP contribution in [0.4, 0.5) is 0 Å². The number of rotatable bonds is 7. The highest BCUT2D eigenvalue weighted by Crippen LogP contribution is 2.28. The number of nitrogens with zero attached hydrogens (tertiary/aromatic N) is 3. The van der Waals surface area contributed by atoms with Gasteiger partial charge in [-0.1, -0.05) is 40.2 Å². The molecule has 2 aromatic carbocycles. The first kappa shape index (κ1) is 20.1. The number of fused-ring (bicyclic) bond motifs is 1. The van der Waals surface area contributed by atoms with E-state index in [0.29, 0.717) is 18.2 Å². The van der Waals surface area contributed by atoms with Crippen LogP contribution in [0.15, 0.2) is 71.6 Å². The van der Waals surface area contributed by atoms with Gasteiger partial charge >= 0.3 is 5.97 Å². The van der Waals surface area contributed by atoms with Crippen molar-refractivity contribution in [2.45, 2.75) is 19.0 Å². The summed E-state index contributed by atoms with van der Waals surface area (Å²) in [6, 6.07) is 16.3. The number of aliphatic carboxylic acids is 1. The van der Waals surface area contributed by atoms with E-state index in [9.17, 15) is 4.79 Å². The van der Waals surface area contributed by atoms with E-state index >= 15 is 0 Å². The molecule has 0 aliphatic carbocycles. The zero-order valence-electron chi connectivity index (χ0n) is 15.9. The molecule has 152 valence electrons. The van der Waals surface area contributed by atoms with E-state index in [1.54, 1.807) is 24.3 Å². The van der Waals surface area contributed by atoms with Crippen LogP contribution in [-0.4, -0.2) is 31.7 Å². The summed E-state index contributed by atoms with van der Waals surface area (Å²) in [6.45, 7) is 0.678. The summed E-state index contributed by atoms with van der Waals surface area (Å²) in [5.41, 5.74) is 8.34. The van der Waals surface area contributed by atoms with Crippen LogP contribution in [0.2, 0.25) is 0 Å². The number of carboxylic acid groups (broad SMARTS) is 1. The molecule has 0 bridgehead atoms. The van der Waals surface area contributed by atoms with Crippen molar-refractivity contribution in [3.05, 3.63) is 82.7 Å². The Labute approximate surface area is 181 Å². The van der Waals surface area contributed by atoms with E-state index in [2.05, 4.69) is 38.0 Å². The molecule has 4 aromatic rings. The lowest BCUT2D eigenvalue weighted by molar-refractivity contribution is -0.138. The number of carboxylic acids is 1. The van der Waals surface area contributed by atoms with Crippen molar-refractivity contribution in [3.63, 3.8) is 0 Å². The lowest BCUT2D eigenvalue weighted by atomic mass is 10.1. The zero-order valence-corrected chi connectivity index (χ0v) is 17.5. The average Bonchev–Trinajstić information content (AvgIpc) is 3.13. The highest BCUT2D eigenvalue weighted by atomic mass is 79.9. The molecule has 0 fully saturated rings. The second-order valence-corrected chi connectivity index (χ2v) is 7.80. The van der Waals surface area contributed by atoms with Crippen LogP contribution >= 0.6 is 15.9 Å². The molecule has 3 N–H and O–H groups in total. The van der Waals surface area contributed by atoms with Crippen molar-refractivity contribution < 1.29 is 14.6 Å². The van der Waals surface area contributed by atoms with Gasteiger partial charge in [-0.3, -0.25) is 4.79 Å². The first-order valence-electron chi connectivity index (χ1n) is 9.29. The van der Waals surface area contributed by atoms with Crippen LogP contribution in [-0.2, 0) is 17.8 Å². The highest BCUT2D eigenvalue weighted by Gasteiger charge is 2.13. The monoisotopic (exact) mass is 466 g/mol. The van der Waals surface area contributed by atoms with Gasteiger partial charge in [-0.05, 0) is 47.9 Å². The molecule has 1 unspecified atom stereocenters. The maximum Gasteiger partial charge on any atom is 0.320 e. The molecule has 0 radical (unpaired) electrons.